The Balaban J connectivity index is 1.62. The van der Waals surface area contributed by atoms with Crippen LogP contribution in [-0.4, -0.2) is 32.3 Å². The highest BCUT2D eigenvalue weighted by molar-refractivity contribution is 5.33. The van der Waals surface area contributed by atoms with Gasteiger partial charge in [0.2, 0.25) is 0 Å². The SMILES string of the molecule is Cc1ccccc1CN1CCC[C@@H](c2nn(C)c(=O)n2-c2ccccc2)C1. The Morgan fingerprint density at radius 1 is 1.07 bits per heavy atom. The van der Waals surface area contributed by atoms with Gasteiger partial charge >= 0.3 is 5.69 Å². The molecule has 1 aromatic heterocycles. The Labute approximate surface area is 159 Å². The molecule has 140 valence electrons. The number of rotatable bonds is 4. The Morgan fingerprint density at radius 3 is 2.59 bits per heavy atom. The van der Waals surface area contributed by atoms with E-state index in [1.165, 1.54) is 15.8 Å². The molecule has 0 aliphatic carbocycles. The molecule has 5 heteroatoms. The Bertz CT molecular complexity index is 973. The molecular formula is C22H26N4O. The summed E-state index contributed by atoms with van der Waals surface area (Å²) < 4.78 is 3.24. The topological polar surface area (TPSA) is 43.1 Å². The molecule has 0 bridgehead atoms. The highest BCUT2D eigenvalue weighted by Gasteiger charge is 2.27. The first-order valence-electron chi connectivity index (χ1n) is 9.61. The second-order valence-corrected chi connectivity index (χ2v) is 7.44. The van der Waals surface area contributed by atoms with E-state index in [0.717, 1.165) is 44.0 Å². The van der Waals surface area contributed by atoms with E-state index in [1.807, 2.05) is 30.3 Å². The number of nitrogens with zero attached hydrogens (tertiary/aromatic N) is 4. The van der Waals surface area contributed by atoms with Crippen LogP contribution in [-0.2, 0) is 13.6 Å². The number of para-hydroxylation sites is 1. The number of aromatic nitrogens is 3. The lowest BCUT2D eigenvalue weighted by atomic mass is 9.96. The van der Waals surface area contributed by atoms with Crippen molar-refractivity contribution in [1.82, 2.24) is 19.2 Å². The number of benzene rings is 2. The summed E-state index contributed by atoms with van der Waals surface area (Å²) in [5.74, 6) is 1.14. The molecule has 1 aliphatic heterocycles. The molecule has 1 aliphatic rings. The fourth-order valence-corrected chi connectivity index (χ4v) is 4.01. The lowest BCUT2D eigenvalue weighted by Crippen LogP contribution is -2.35. The van der Waals surface area contributed by atoms with Gasteiger partial charge in [-0.25, -0.2) is 14.0 Å². The average Bonchev–Trinajstić information content (AvgIpc) is 2.99. The molecular weight excluding hydrogens is 336 g/mol. The molecule has 3 aromatic rings. The molecule has 0 spiro atoms. The van der Waals surface area contributed by atoms with E-state index in [-0.39, 0.29) is 11.6 Å². The fourth-order valence-electron chi connectivity index (χ4n) is 4.01. The van der Waals surface area contributed by atoms with Crippen LogP contribution in [0.5, 0.6) is 0 Å². The van der Waals surface area contributed by atoms with E-state index >= 15 is 0 Å². The van der Waals surface area contributed by atoms with E-state index in [1.54, 1.807) is 11.6 Å². The zero-order valence-electron chi connectivity index (χ0n) is 16.0. The minimum atomic E-state index is -0.0766. The van der Waals surface area contributed by atoms with Gasteiger partial charge in [-0.3, -0.25) is 4.90 Å². The quantitative estimate of drug-likeness (QED) is 0.715. The van der Waals surface area contributed by atoms with Crippen LogP contribution in [0.15, 0.2) is 59.4 Å². The summed E-state index contributed by atoms with van der Waals surface area (Å²) in [6.07, 6.45) is 2.18. The van der Waals surface area contributed by atoms with Crippen molar-refractivity contribution in [2.75, 3.05) is 13.1 Å². The van der Waals surface area contributed by atoms with Gasteiger partial charge in [0.25, 0.3) is 0 Å². The van der Waals surface area contributed by atoms with E-state index in [2.05, 4.69) is 41.2 Å². The highest BCUT2D eigenvalue weighted by atomic mass is 16.2. The van der Waals surface area contributed by atoms with Crippen molar-refractivity contribution in [3.63, 3.8) is 0 Å². The van der Waals surface area contributed by atoms with Crippen molar-refractivity contribution in [1.29, 1.82) is 0 Å². The minimum Gasteiger partial charge on any atom is -0.298 e. The fraction of sp³-hybridized carbons (Fsp3) is 0.364. The van der Waals surface area contributed by atoms with Crippen LogP contribution in [0.2, 0.25) is 0 Å². The maximum atomic E-state index is 12.7. The molecule has 1 saturated heterocycles. The van der Waals surface area contributed by atoms with Gasteiger partial charge in [-0.2, -0.15) is 5.10 Å². The smallest absolute Gasteiger partial charge is 0.298 e. The van der Waals surface area contributed by atoms with Gasteiger partial charge < -0.3 is 0 Å². The molecule has 0 amide bonds. The Hall–Kier alpha value is -2.66. The van der Waals surface area contributed by atoms with Crippen LogP contribution >= 0.6 is 0 Å². The third kappa shape index (κ3) is 3.60. The first-order valence-corrected chi connectivity index (χ1v) is 9.61. The van der Waals surface area contributed by atoms with Crippen molar-refractivity contribution in [2.45, 2.75) is 32.2 Å². The van der Waals surface area contributed by atoms with Crippen molar-refractivity contribution >= 4 is 0 Å². The third-order valence-corrected chi connectivity index (χ3v) is 5.49. The summed E-state index contributed by atoms with van der Waals surface area (Å²) in [4.78, 5) is 15.2. The summed E-state index contributed by atoms with van der Waals surface area (Å²) in [6.45, 7) is 5.14. The van der Waals surface area contributed by atoms with Crippen LogP contribution in [0.1, 0.15) is 35.7 Å². The molecule has 1 atom stereocenters. The van der Waals surface area contributed by atoms with Gasteiger partial charge in [-0.15, -0.1) is 0 Å². The number of likely N-dealkylation sites (tertiary alicyclic amines) is 1. The lowest BCUT2D eigenvalue weighted by Gasteiger charge is -2.32. The Kier molecular flexibility index (Phi) is 4.94. The summed E-state index contributed by atoms with van der Waals surface area (Å²) in [5, 5.41) is 4.61. The largest absolute Gasteiger partial charge is 0.350 e. The number of aryl methyl sites for hydroxylation is 2. The van der Waals surface area contributed by atoms with Crippen LogP contribution in [0.25, 0.3) is 5.69 Å². The predicted octanol–water partition coefficient (Wildman–Crippen LogP) is 3.26. The van der Waals surface area contributed by atoms with Gasteiger partial charge in [0.1, 0.15) is 5.82 Å². The normalized spacial score (nSPS) is 17.9. The molecule has 0 radical (unpaired) electrons. The van der Waals surface area contributed by atoms with Crippen LogP contribution < -0.4 is 5.69 Å². The first kappa shape index (κ1) is 17.7. The monoisotopic (exact) mass is 362 g/mol. The summed E-state index contributed by atoms with van der Waals surface area (Å²) in [5.41, 5.74) is 3.52. The molecule has 2 aromatic carbocycles. The van der Waals surface area contributed by atoms with Gasteiger partial charge in [0.05, 0.1) is 5.69 Å². The molecule has 5 nitrogen and oxygen atoms in total. The zero-order valence-corrected chi connectivity index (χ0v) is 16.0. The summed E-state index contributed by atoms with van der Waals surface area (Å²) in [6, 6.07) is 18.4. The summed E-state index contributed by atoms with van der Waals surface area (Å²) >= 11 is 0. The third-order valence-electron chi connectivity index (χ3n) is 5.49. The number of piperidine rings is 1. The van der Waals surface area contributed by atoms with E-state index in [9.17, 15) is 4.79 Å². The van der Waals surface area contributed by atoms with Crippen molar-refractivity contribution < 1.29 is 0 Å². The minimum absolute atomic E-state index is 0.0766. The maximum absolute atomic E-state index is 12.7. The van der Waals surface area contributed by atoms with Crippen LogP contribution in [0, 0.1) is 6.92 Å². The van der Waals surface area contributed by atoms with E-state index < -0.39 is 0 Å². The molecule has 4 rings (SSSR count). The predicted molar refractivity (Wildman–Crippen MR) is 107 cm³/mol. The number of hydrogen-bond donors (Lipinski definition) is 0. The molecule has 0 unspecified atom stereocenters. The lowest BCUT2D eigenvalue weighted by molar-refractivity contribution is 0.195. The van der Waals surface area contributed by atoms with Gasteiger partial charge in [-0.1, -0.05) is 42.5 Å². The van der Waals surface area contributed by atoms with Crippen molar-refractivity contribution in [2.24, 2.45) is 7.05 Å². The molecule has 27 heavy (non-hydrogen) atoms. The zero-order chi connectivity index (χ0) is 18.8. The first-order chi connectivity index (χ1) is 13.1. The number of hydrogen-bond acceptors (Lipinski definition) is 3. The molecule has 0 saturated carbocycles. The van der Waals surface area contributed by atoms with Gasteiger partial charge in [-0.05, 0) is 49.6 Å². The van der Waals surface area contributed by atoms with Crippen LogP contribution in [0.3, 0.4) is 0 Å². The van der Waals surface area contributed by atoms with Gasteiger partial charge in [0.15, 0.2) is 0 Å². The summed E-state index contributed by atoms with van der Waals surface area (Å²) in [7, 11) is 1.74. The van der Waals surface area contributed by atoms with E-state index in [0.29, 0.717) is 0 Å². The molecule has 1 fully saturated rings. The second kappa shape index (κ2) is 7.53. The van der Waals surface area contributed by atoms with Crippen molar-refractivity contribution in [3.05, 3.63) is 82.0 Å². The van der Waals surface area contributed by atoms with E-state index in [4.69, 9.17) is 0 Å². The van der Waals surface area contributed by atoms with Gasteiger partial charge in [0, 0.05) is 26.1 Å². The Morgan fingerprint density at radius 2 is 1.81 bits per heavy atom. The van der Waals surface area contributed by atoms with Crippen molar-refractivity contribution in [3.8, 4) is 5.69 Å². The average molecular weight is 362 g/mol. The molecule has 2 heterocycles. The molecule has 0 N–H and O–H groups in total. The highest BCUT2D eigenvalue weighted by Crippen LogP contribution is 2.27. The second-order valence-electron chi connectivity index (χ2n) is 7.44. The maximum Gasteiger partial charge on any atom is 0.350 e. The standard InChI is InChI=1S/C22H26N4O/c1-17-9-6-7-10-18(17)15-25-14-8-11-19(16-25)21-23-24(2)22(27)26(21)20-12-4-3-5-13-20/h3-7,9-10,12-13,19H,8,11,14-16H2,1-2H3/t19-/m1/s1. The van der Waals surface area contributed by atoms with Crippen LogP contribution in [0.4, 0.5) is 0 Å².